The van der Waals surface area contributed by atoms with Gasteiger partial charge in [-0.25, -0.2) is 0 Å². The highest BCUT2D eigenvalue weighted by Gasteiger charge is 2.22. The van der Waals surface area contributed by atoms with Gasteiger partial charge in [-0.2, -0.15) is 0 Å². The van der Waals surface area contributed by atoms with Crippen LogP contribution in [0.25, 0.3) is 0 Å². The Kier molecular flexibility index (Phi) is 6.62. The predicted molar refractivity (Wildman–Crippen MR) is 80.6 cm³/mol. The highest BCUT2D eigenvalue weighted by Crippen LogP contribution is 2.18. The van der Waals surface area contributed by atoms with Crippen LogP contribution in [0.4, 0.5) is 0 Å². The molecule has 112 valence electrons. The molecule has 0 aromatic rings. The van der Waals surface area contributed by atoms with Crippen molar-refractivity contribution >= 4 is 0 Å². The minimum Gasteiger partial charge on any atom is -0.377 e. The summed E-state index contributed by atoms with van der Waals surface area (Å²) in [5, 5.41) is 3.78. The maximum absolute atomic E-state index is 5.77. The fourth-order valence-corrected chi connectivity index (χ4v) is 3.44. The molecule has 19 heavy (non-hydrogen) atoms. The molecule has 0 aromatic heterocycles. The van der Waals surface area contributed by atoms with E-state index >= 15 is 0 Å². The highest BCUT2D eigenvalue weighted by atomic mass is 16.5. The molecule has 2 unspecified atom stereocenters. The largest absolute Gasteiger partial charge is 0.377 e. The maximum atomic E-state index is 5.77. The molecule has 1 heterocycles. The number of likely N-dealkylation sites (N-methyl/N-ethyl adjacent to an activating group) is 1. The van der Waals surface area contributed by atoms with Crippen molar-refractivity contribution in [2.24, 2.45) is 0 Å². The summed E-state index contributed by atoms with van der Waals surface area (Å²) in [6.07, 6.45) is 10.0. The van der Waals surface area contributed by atoms with Crippen LogP contribution in [-0.2, 0) is 4.74 Å². The molecule has 2 fully saturated rings. The maximum Gasteiger partial charge on any atom is 0.0702 e. The normalized spacial score (nSPS) is 27.0. The van der Waals surface area contributed by atoms with Gasteiger partial charge in [-0.3, -0.25) is 4.90 Å². The van der Waals surface area contributed by atoms with E-state index in [1.807, 2.05) is 0 Å². The van der Waals surface area contributed by atoms with Crippen molar-refractivity contribution in [3.05, 3.63) is 0 Å². The lowest BCUT2D eigenvalue weighted by molar-refractivity contribution is 0.0611. The average Bonchev–Trinajstić information content (AvgIpc) is 2.96. The second-order valence-electron chi connectivity index (χ2n) is 6.31. The van der Waals surface area contributed by atoms with Crippen LogP contribution in [-0.4, -0.2) is 49.3 Å². The number of ether oxygens (including phenoxy) is 1. The van der Waals surface area contributed by atoms with Crippen LogP contribution < -0.4 is 5.32 Å². The second-order valence-corrected chi connectivity index (χ2v) is 6.31. The van der Waals surface area contributed by atoms with E-state index in [0.29, 0.717) is 12.1 Å². The third-order valence-electron chi connectivity index (χ3n) is 4.80. The summed E-state index contributed by atoms with van der Waals surface area (Å²) in [6.45, 7) is 8.97. The predicted octanol–water partition coefficient (Wildman–Crippen LogP) is 2.80. The smallest absolute Gasteiger partial charge is 0.0702 e. The third-order valence-corrected chi connectivity index (χ3v) is 4.80. The fourth-order valence-electron chi connectivity index (χ4n) is 3.44. The molecule has 1 saturated carbocycles. The molecule has 2 atom stereocenters. The Morgan fingerprint density at radius 2 is 1.95 bits per heavy atom. The van der Waals surface area contributed by atoms with Crippen molar-refractivity contribution in [3.63, 3.8) is 0 Å². The van der Waals surface area contributed by atoms with Gasteiger partial charge in [0.05, 0.1) is 6.10 Å². The molecule has 1 aliphatic heterocycles. The molecule has 0 bridgehead atoms. The van der Waals surface area contributed by atoms with Crippen molar-refractivity contribution in [2.45, 2.75) is 77.0 Å². The molecule has 0 spiro atoms. The SMILES string of the molecule is CCN(CC1CCCO1)C(C)CNC1CCCCC1. The van der Waals surface area contributed by atoms with Gasteiger partial charge in [0, 0.05) is 31.8 Å². The Morgan fingerprint density at radius 3 is 2.58 bits per heavy atom. The van der Waals surface area contributed by atoms with Crippen molar-refractivity contribution in [1.29, 1.82) is 0 Å². The first-order chi connectivity index (χ1) is 9.29. The summed E-state index contributed by atoms with van der Waals surface area (Å²) >= 11 is 0. The fraction of sp³-hybridized carbons (Fsp3) is 1.00. The number of rotatable bonds is 7. The summed E-state index contributed by atoms with van der Waals surface area (Å²) in [5.41, 5.74) is 0. The Bertz CT molecular complexity index is 235. The van der Waals surface area contributed by atoms with E-state index in [1.54, 1.807) is 0 Å². The van der Waals surface area contributed by atoms with Gasteiger partial charge in [0.1, 0.15) is 0 Å². The molecule has 3 nitrogen and oxygen atoms in total. The van der Waals surface area contributed by atoms with Crippen molar-refractivity contribution in [3.8, 4) is 0 Å². The zero-order valence-electron chi connectivity index (χ0n) is 12.9. The van der Waals surface area contributed by atoms with Gasteiger partial charge >= 0.3 is 0 Å². The minimum atomic E-state index is 0.483. The molecule has 2 aliphatic rings. The molecule has 0 aromatic carbocycles. The molecule has 1 saturated heterocycles. The summed E-state index contributed by atoms with van der Waals surface area (Å²) < 4.78 is 5.77. The Morgan fingerprint density at radius 1 is 1.16 bits per heavy atom. The highest BCUT2D eigenvalue weighted by molar-refractivity contribution is 4.78. The van der Waals surface area contributed by atoms with Crippen LogP contribution in [0, 0.1) is 0 Å². The molecule has 2 rings (SSSR count). The van der Waals surface area contributed by atoms with Gasteiger partial charge in [0.25, 0.3) is 0 Å². The summed E-state index contributed by atoms with van der Waals surface area (Å²) in [5.74, 6) is 0. The van der Waals surface area contributed by atoms with Crippen LogP contribution in [0.1, 0.15) is 58.8 Å². The lowest BCUT2D eigenvalue weighted by Crippen LogP contribution is -2.46. The van der Waals surface area contributed by atoms with E-state index < -0.39 is 0 Å². The number of hydrogen-bond acceptors (Lipinski definition) is 3. The van der Waals surface area contributed by atoms with E-state index in [-0.39, 0.29) is 0 Å². The average molecular weight is 268 g/mol. The van der Waals surface area contributed by atoms with Crippen LogP contribution in [0.15, 0.2) is 0 Å². The quantitative estimate of drug-likeness (QED) is 0.768. The minimum absolute atomic E-state index is 0.483. The van der Waals surface area contributed by atoms with Gasteiger partial charge in [-0.15, -0.1) is 0 Å². The first-order valence-corrected chi connectivity index (χ1v) is 8.38. The first-order valence-electron chi connectivity index (χ1n) is 8.38. The molecular weight excluding hydrogens is 236 g/mol. The molecule has 0 amide bonds. The molecule has 1 N–H and O–H groups in total. The molecule has 1 aliphatic carbocycles. The summed E-state index contributed by atoms with van der Waals surface area (Å²) in [7, 11) is 0. The van der Waals surface area contributed by atoms with Crippen LogP contribution in [0.2, 0.25) is 0 Å². The molecular formula is C16H32N2O. The standard InChI is InChI=1S/C16H32N2O/c1-3-18(13-16-10-7-11-19-16)14(2)12-17-15-8-5-4-6-9-15/h14-17H,3-13H2,1-2H3. The van der Waals surface area contributed by atoms with Gasteiger partial charge < -0.3 is 10.1 Å². The van der Waals surface area contributed by atoms with E-state index in [4.69, 9.17) is 4.74 Å². The van der Waals surface area contributed by atoms with Gasteiger partial charge in [-0.1, -0.05) is 26.2 Å². The van der Waals surface area contributed by atoms with Crippen molar-refractivity contribution in [2.75, 3.05) is 26.2 Å². The Balaban J connectivity index is 1.67. The van der Waals surface area contributed by atoms with E-state index in [0.717, 1.165) is 32.3 Å². The van der Waals surface area contributed by atoms with E-state index in [1.165, 1.54) is 44.9 Å². The number of hydrogen-bond donors (Lipinski definition) is 1. The van der Waals surface area contributed by atoms with Crippen LogP contribution in [0.3, 0.4) is 0 Å². The van der Waals surface area contributed by atoms with Gasteiger partial charge in [0.15, 0.2) is 0 Å². The number of nitrogens with zero attached hydrogens (tertiary/aromatic N) is 1. The third kappa shape index (κ3) is 5.05. The monoisotopic (exact) mass is 268 g/mol. The Hall–Kier alpha value is -0.120. The van der Waals surface area contributed by atoms with Crippen LogP contribution in [0.5, 0.6) is 0 Å². The first kappa shape index (κ1) is 15.3. The second kappa shape index (κ2) is 8.23. The van der Waals surface area contributed by atoms with E-state index in [2.05, 4.69) is 24.1 Å². The lowest BCUT2D eigenvalue weighted by Gasteiger charge is -2.32. The van der Waals surface area contributed by atoms with Crippen molar-refractivity contribution in [1.82, 2.24) is 10.2 Å². The summed E-state index contributed by atoms with van der Waals surface area (Å²) in [6, 6.07) is 1.40. The lowest BCUT2D eigenvalue weighted by atomic mass is 9.95. The Labute approximate surface area is 119 Å². The topological polar surface area (TPSA) is 24.5 Å². The van der Waals surface area contributed by atoms with Crippen LogP contribution >= 0.6 is 0 Å². The summed E-state index contributed by atoms with van der Waals surface area (Å²) in [4.78, 5) is 2.58. The van der Waals surface area contributed by atoms with Gasteiger partial charge in [0.2, 0.25) is 0 Å². The van der Waals surface area contributed by atoms with Gasteiger partial charge in [-0.05, 0) is 39.2 Å². The molecule has 0 radical (unpaired) electrons. The number of nitrogens with one attached hydrogen (secondary N) is 1. The van der Waals surface area contributed by atoms with E-state index in [9.17, 15) is 0 Å². The molecule has 3 heteroatoms. The zero-order valence-corrected chi connectivity index (χ0v) is 12.9. The van der Waals surface area contributed by atoms with Crippen molar-refractivity contribution < 1.29 is 4.74 Å². The zero-order chi connectivity index (χ0) is 13.5.